The molecular formula is C27H44ClN3O6. The van der Waals surface area contributed by atoms with Crippen LogP contribution in [0.1, 0.15) is 72.3 Å². The first kappa shape index (κ1) is 34.4. The highest BCUT2D eigenvalue weighted by atomic mass is 35.5. The van der Waals surface area contributed by atoms with Crippen LogP contribution in [0.4, 0.5) is 0 Å². The van der Waals surface area contributed by atoms with Gasteiger partial charge in [-0.3, -0.25) is 19.2 Å². The number of hydrogen-bond acceptors (Lipinski definition) is 6. The number of carboxylic acid groups (broad SMARTS) is 1. The molecule has 0 fully saturated rings. The number of carbonyl (C=O) groups excluding carboxylic acids is 3. The number of unbranched alkanes of at least 4 members (excludes halogenated alkanes) is 1. The van der Waals surface area contributed by atoms with E-state index in [-0.39, 0.29) is 37.1 Å². The molecule has 10 heteroatoms. The second-order valence-electron chi connectivity index (χ2n) is 9.59. The summed E-state index contributed by atoms with van der Waals surface area (Å²) in [4.78, 5) is 49.8. The first-order valence-electron chi connectivity index (χ1n) is 12.8. The van der Waals surface area contributed by atoms with Crippen molar-refractivity contribution in [1.29, 1.82) is 0 Å². The maximum Gasteiger partial charge on any atom is 0.325 e. The summed E-state index contributed by atoms with van der Waals surface area (Å²) in [5.41, 5.74) is 6.86. The third-order valence-electron chi connectivity index (χ3n) is 6.49. The van der Waals surface area contributed by atoms with E-state index in [1.54, 1.807) is 0 Å². The lowest BCUT2D eigenvalue weighted by molar-refractivity contribution is -0.156. The fourth-order valence-corrected chi connectivity index (χ4v) is 3.66. The van der Waals surface area contributed by atoms with E-state index in [1.807, 2.05) is 51.1 Å². The minimum absolute atomic E-state index is 0. The first-order chi connectivity index (χ1) is 17.0. The van der Waals surface area contributed by atoms with Gasteiger partial charge in [0.05, 0.1) is 6.42 Å². The number of carboxylic acids is 1. The molecule has 0 aliphatic rings. The molecule has 0 bridgehead atoms. The molecule has 2 amide bonds. The molecule has 0 aromatic heterocycles. The van der Waals surface area contributed by atoms with E-state index in [0.717, 1.165) is 31.2 Å². The quantitative estimate of drug-likeness (QED) is 0.235. The van der Waals surface area contributed by atoms with Crippen molar-refractivity contribution in [2.75, 3.05) is 0 Å². The molecule has 0 heterocycles. The van der Waals surface area contributed by atoms with Crippen LogP contribution in [0.2, 0.25) is 0 Å². The number of rotatable bonds is 16. The maximum atomic E-state index is 13.1. The van der Waals surface area contributed by atoms with E-state index in [4.69, 9.17) is 15.6 Å². The van der Waals surface area contributed by atoms with Gasteiger partial charge in [0.2, 0.25) is 11.8 Å². The van der Waals surface area contributed by atoms with Gasteiger partial charge in [0, 0.05) is 6.42 Å². The molecule has 1 aromatic rings. The van der Waals surface area contributed by atoms with Crippen molar-refractivity contribution in [2.45, 2.75) is 97.4 Å². The van der Waals surface area contributed by atoms with Crippen LogP contribution in [0, 0.1) is 11.8 Å². The number of hydrogen-bond donors (Lipinski definition) is 4. The van der Waals surface area contributed by atoms with Crippen LogP contribution in [0.3, 0.4) is 0 Å². The van der Waals surface area contributed by atoms with Crippen LogP contribution in [0.5, 0.6) is 0 Å². The molecule has 1 rings (SSSR count). The van der Waals surface area contributed by atoms with Crippen LogP contribution in [0.15, 0.2) is 30.3 Å². The molecule has 0 saturated heterocycles. The summed E-state index contributed by atoms with van der Waals surface area (Å²) >= 11 is 0. The molecule has 0 unspecified atom stereocenters. The average molecular weight is 542 g/mol. The van der Waals surface area contributed by atoms with Gasteiger partial charge < -0.3 is 26.2 Å². The molecule has 210 valence electrons. The topological polar surface area (TPSA) is 148 Å². The fourth-order valence-electron chi connectivity index (χ4n) is 3.66. The van der Waals surface area contributed by atoms with Crippen molar-refractivity contribution in [2.24, 2.45) is 17.6 Å². The zero-order valence-electron chi connectivity index (χ0n) is 22.6. The maximum absolute atomic E-state index is 13.1. The summed E-state index contributed by atoms with van der Waals surface area (Å²) in [7, 11) is 0. The average Bonchev–Trinajstić information content (AvgIpc) is 2.85. The van der Waals surface area contributed by atoms with Gasteiger partial charge in [-0.1, -0.05) is 77.3 Å². The second kappa shape index (κ2) is 17.7. The smallest absolute Gasteiger partial charge is 0.325 e. The Morgan fingerprint density at radius 2 is 1.62 bits per heavy atom. The Kier molecular flexibility index (Phi) is 16.5. The Hall–Kier alpha value is -2.65. The SMILES string of the molecule is CCCC[C@@H](C)[C@H](CC(=O)N[C@@H](Cc1ccccc1)C(=O)N[C@@H](C)C(=O)O)OC(=O)[C@H](N)[C@@H](C)CC.Cl. The molecule has 0 spiro atoms. The highest BCUT2D eigenvalue weighted by molar-refractivity contribution is 5.90. The van der Waals surface area contributed by atoms with Gasteiger partial charge in [-0.05, 0) is 30.7 Å². The number of esters is 1. The third kappa shape index (κ3) is 12.4. The molecule has 1 aromatic carbocycles. The lowest BCUT2D eigenvalue weighted by atomic mass is 9.94. The van der Waals surface area contributed by atoms with E-state index < -0.39 is 48.0 Å². The van der Waals surface area contributed by atoms with Crippen LogP contribution in [-0.2, 0) is 30.3 Å². The van der Waals surface area contributed by atoms with E-state index in [9.17, 15) is 19.2 Å². The number of halogens is 1. The second-order valence-corrected chi connectivity index (χ2v) is 9.59. The van der Waals surface area contributed by atoms with E-state index in [0.29, 0.717) is 0 Å². The van der Waals surface area contributed by atoms with Gasteiger partial charge in [-0.2, -0.15) is 0 Å². The van der Waals surface area contributed by atoms with E-state index >= 15 is 0 Å². The largest absolute Gasteiger partial charge is 0.480 e. The van der Waals surface area contributed by atoms with Crippen molar-refractivity contribution in [3.05, 3.63) is 35.9 Å². The van der Waals surface area contributed by atoms with Gasteiger partial charge in [0.15, 0.2) is 0 Å². The monoisotopic (exact) mass is 541 g/mol. The summed E-state index contributed by atoms with van der Waals surface area (Å²) in [5.74, 6) is -2.94. The number of ether oxygens (including phenoxy) is 1. The number of nitrogens with one attached hydrogen (secondary N) is 2. The molecule has 0 aliphatic heterocycles. The molecule has 0 radical (unpaired) electrons. The predicted octanol–water partition coefficient (Wildman–Crippen LogP) is 3.23. The third-order valence-corrected chi connectivity index (χ3v) is 6.49. The Morgan fingerprint density at radius 1 is 1.00 bits per heavy atom. The number of amides is 2. The van der Waals surface area contributed by atoms with Gasteiger partial charge in [0.1, 0.15) is 24.2 Å². The lowest BCUT2D eigenvalue weighted by Gasteiger charge is -2.27. The first-order valence-corrected chi connectivity index (χ1v) is 12.8. The van der Waals surface area contributed by atoms with Gasteiger partial charge in [0.25, 0.3) is 0 Å². The lowest BCUT2D eigenvalue weighted by Crippen LogP contribution is -2.52. The fraction of sp³-hybridized carbons (Fsp3) is 0.630. The van der Waals surface area contributed by atoms with Crippen molar-refractivity contribution in [3.63, 3.8) is 0 Å². The summed E-state index contributed by atoms with van der Waals surface area (Å²) in [6, 6.07) is 6.22. The minimum Gasteiger partial charge on any atom is -0.480 e. The van der Waals surface area contributed by atoms with E-state index in [2.05, 4.69) is 17.6 Å². The standard InChI is InChI=1S/C27H43N3O6.ClH/c1-6-8-12-18(4)22(36-27(35)24(28)17(3)7-2)16-23(31)30-21(15-20-13-10-9-11-14-20)25(32)29-19(5)26(33)34;/h9-11,13-14,17-19,21-22,24H,6-8,12,15-16,28H2,1-5H3,(H,29,32)(H,30,31)(H,33,34);1H/t17-,18+,19-,21-,22-,24+;/m0./s1. The van der Waals surface area contributed by atoms with E-state index in [1.165, 1.54) is 6.92 Å². The highest BCUT2D eigenvalue weighted by Gasteiger charge is 2.31. The minimum atomic E-state index is -1.18. The Labute approximate surface area is 226 Å². The Morgan fingerprint density at radius 3 is 2.16 bits per heavy atom. The zero-order chi connectivity index (χ0) is 27.3. The molecule has 9 nitrogen and oxygen atoms in total. The van der Waals surface area contributed by atoms with Crippen molar-refractivity contribution < 1.29 is 29.0 Å². The number of aliphatic carboxylic acids is 1. The van der Waals surface area contributed by atoms with Crippen molar-refractivity contribution in [1.82, 2.24) is 10.6 Å². The van der Waals surface area contributed by atoms with Crippen molar-refractivity contribution in [3.8, 4) is 0 Å². The molecule has 5 N–H and O–H groups in total. The van der Waals surface area contributed by atoms with Crippen LogP contribution >= 0.6 is 12.4 Å². The molecule has 0 aliphatic carbocycles. The number of nitrogens with two attached hydrogens (primary N) is 1. The van der Waals surface area contributed by atoms with Crippen LogP contribution in [0.25, 0.3) is 0 Å². The molecule has 37 heavy (non-hydrogen) atoms. The molecular weight excluding hydrogens is 498 g/mol. The number of carbonyl (C=O) groups is 4. The number of benzene rings is 1. The van der Waals surface area contributed by atoms with Gasteiger partial charge in [-0.15, -0.1) is 12.4 Å². The van der Waals surface area contributed by atoms with Crippen molar-refractivity contribution >= 4 is 36.2 Å². The van der Waals surface area contributed by atoms with Gasteiger partial charge in [-0.25, -0.2) is 0 Å². The zero-order valence-corrected chi connectivity index (χ0v) is 23.4. The van der Waals surface area contributed by atoms with Gasteiger partial charge >= 0.3 is 11.9 Å². The normalized spacial score (nSPS) is 15.6. The predicted molar refractivity (Wildman–Crippen MR) is 145 cm³/mol. The summed E-state index contributed by atoms with van der Waals surface area (Å²) in [5, 5.41) is 14.3. The van der Waals surface area contributed by atoms with Crippen LogP contribution < -0.4 is 16.4 Å². The van der Waals surface area contributed by atoms with Crippen LogP contribution in [-0.4, -0.2) is 53.1 Å². The summed E-state index contributed by atoms with van der Waals surface area (Å²) in [6.07, 6.45) is 2.72. The Balaban J connectivity index is 0.0000130. The summed E-state index contributed by atoms with van der Waals surface area (Å²) in [6.45, 7) is 9.16. The molecule has 0 saturated carbocycles. The summed E-state index contributed by atoms with van der Waals surface area (Å²) < 4.78 is 5.72. The highest BCUT2D eigenvalue weighted by Crippen LogP contribution is 2.20. The Bertz CT molecular complexity index is 854. The molecule has 6 atom stereocenters.